The summed E-state index contributed by atoms with van der Waals surface area (Å²) >= 11 is 0. The first-order valence-electron chi connectivity index (χ1n) is 9.62. The van der Waals surface area contributed by atoms with Crippen LogP contribution in [-0.4, -0.2) is 68.7 Å². The van der Waals surface area contributed by atoms with Crippen LogP contribution in [0, 0.1) is 0 Å². The maximum absolute atomic E-state index is 12.0. The highest BCUT2D eigenvalue weighted by atomic mass is 16.2. The van der Waals surface area contributed by atoms with Crippen molar-refractivity contribution in [2.75, 3.05) is 55.6 Å². The minimum atomic E-state index is -0.329. The Hall–Kier alpha value is -2.12. The number of rotatable bonds is 3. The maximum Gasteiger partial charge on any atom is 0.328 e. The number of urea groups is 1. The third-order valence-electron chi connectivity index (χ3n) is 5.72. The van der Waals surface area contributed by atoms with Crippen molar-refractivity contribution in [2.24, 2.45) is 0 Å². The molecule has 4 rings (SSSR count). The largest absolute Gasteiger partial charge is 0.369 e. The molecule has 0 saturated carbocycles. The number of piperidine rings is 1. The highest BCUT2D eigenvalue weighted by molar-refractivity contribution is 6.05. The lowest BCUT2D eigenvalue weighted by molar-refractivity contribution is -0.120. The number of nitrogens with one attached hydrogen (secondary N) is 2. The first-order valence-corrected chi connectivity index (χ1v) is 9.62. The Morgan fingerprint density at radius 3 is 2.15 bits per heavy atom. The number of piperazine rings is 1. The number of amides is 3. The van der Waals surface area contributed by atoms with Gasteiger partial charge in [0, 0.05) is 56.6 Å². The Balaban J connectivity index is 1.34. The second kappa shape index (κ2) is 7.63. The highest BCUT2D eigenvalue weighted by Gasteiger charge is 2.26. The fraction of sp³-hybridized carbons (Fsp3) is 0.579. The van der Waals surface area contributed by atoms with Crippen molar-refractivity contribution in [3.8, 4) is 0 Å². The zero-order chi connectivity index (χ0) is 17.9. The third kappa shape index (κ3) is 3.68. The second-order valence-corrected chi connectivity index (χ2v) is 7.28. The van der Waals surface area contributed by atoms with E-state index in [2.05, 4.69) is 32.6 Å². The molecule has 0 aromatic heterocycles. The van der Waals surface area contributed by atoms with E-state index in [1.807, 2.05) is 12.1 Å². The average Bonchev–Trinajstić information content (AvgIpc) is 2.69. The van der Waals surface area contributed by atoms with E-state index in [1.165, 1.54) is 18.5 Å². The molecule has 2 N–H and O–H groups in total. The molecule has 1 aromatic rings. The number of hydrogen-bond donors (Lipinski definition) is 2. The molecular weight excluding hydrogens is 330 g/mol. The van der Waals surface area contributed by atoms with Gasteiger partial charge in [-0.15, -0.1) is 0 Å². The summed E-state index contributed by atoms with van der Waals surface area (Å²) < 4.78 is 0. The van der Waals surface area contributed by atoms with Crippen LogP contribution in [0.5, 0.6) is 0 Å². The lowest BCUT2D eigenvalue weighted by atomic mass is 10.0. The molecule has 26 heavy (non-hydrogen) atoms. The monoisotopic (exact) mass is 357 g/mol. The van der Waals surface area contributed by atoms with Crippen LogP contribution in [-0.2, 0) is 4.79 Å². The number of carbonyl (C=O) groups excluding carboxylic acids is 2. The Morgan fingerprint density at radius 2 is 1.50 bits per heavy atom. The van der Waals surface area contributed by atoms with Gasteiger partial charge in [0.25, 0.3) is 0 Å². The normalized spacial score (nSPS) is 23.2. The van der Waals surface area contributed by atoms with Crippen LogP contribution in [0.4, 0.5) is 16.2 Å². The van der Waals surface area contributed by atoms with Crippen molar-refractivity contribution in [1.29, 1.82) is 0 Å². The van der Waals surface area contributed by atoms with Crippen molar-refractivity contribution < 1.29 is 9.59 Å². The second-order valence-electron chi connectivity index (χ2n) is 7.28. The predicted octanol–water partition coefficient (Wildman–Crippen LogP) is 1.01. The summed E-state index contributed by atoms with van der Waals surface area (Å²) in [6.45, 7) is 7.04. The smallest absolute Gasteiger partial charge is 0.328 e. The number of anilines is 2. The molecule has 1 aromatic carbocycles. The number of hydrogen-bond acceptors (Lipinski definition) is 5. The first kappa shape index (κ1) is 17.3. The van der Waals surface area contributed by atoms with E-state index in [0.29, 0.717) is 13.0 Å². The van der Waals surface area contributed by atoms with E-state index in [4.69, 9.17) is 0 Å². The maximum atomic E-state index is 12.0. The summed E-state index contributed by atoms with van der Waals surface area (Å²) in [5, 5.41) is 5.81. The molecule has 3 saturated heterocycles. The highest BCUT2D eigenvalue weighted by Crippen LogP contribution is 2.24. The van der Waals surface area contributed by atoms with Crippen LogP contribution in [0.1, 0.15) is 19.3 Å². The molecule has 0 unspecified atom stereocenters. The van der Waals surface area contributed by atoms with Gasteiger partial charge in [-0.1, -0.05) is 0 Å². The Morgan fingerprint density at radius 1 is 0.846 bits per heavy atom. The molecule has 3 fully saturated rings. The van der Waals surface area contributed by atoms with Crippen LogP contribution in [0.2, 0.25) is 0 Å². The summed E-state index contributed by atoms with van der Waals surface area (Å²) in [5.74, 6) is -0.200. The topological polar surface area (TPSA) is 67.9 Å². The van der Waals surface area contributed by atoms with Gasteiger partial charge in [0.05, 0.1) is 0 Å². The van der Waals surface area contributed by atoms with Gasteiger partial charge in [-0.05, 0) is 50.2 Å². The molecule has 0 bridgehead atoms. The summed E-state index contributed by atoms with van der Waals surface area (Å²) in [4.78, 5) is 29.9. The molecule has 0 radical (unpaired) electrons. The zero-order valence-electron chi connectivity index (χ0n) is 15.1. The quantitative estimate of drug-likeness (QED) is 0.845. The zero-order valence-corrected chi connectivity index (χ0v) is 15.1. The predicted molar refractivity (Wildman–Crippen MR) is 102 cm³/mol. The van der Waals surface area contributed by atoms with E-state index in [1.54, 1.807) is 4.90 Å². The van der Waals surface area contributed by atoms with E-state index in [0.717, 1.165) is 51.0 Å². The molecule has 0 atom stereocenters. The van der Waals surface area contributed by atoms with E-state index < -0.39 is 0 Å². The van der Waals surface area contributed by atoms with E-state index >= 15 is 0 Å². The van der Waals surface area contributed by atoms with Crippen LogP contribution in [0.25, 0.3) is 0 Å². The van der Waals surface area contributed by atoms with E-state index in [9.17, 15) is 9.59 Å². The average molecular weight is 357 g/mol. The minimum absolute atomic E-state index is 0.200. The van der Waals surface area contributed by atoms with Crippen molar-refractivity contribution in [2.45, 2.75) is 25.3 Å². The van der Waals surface area contributed by atoms with Crippen molar-refractivity contribution in [3.63, 3.8) is 0 Å². The van der Waals surface area contributed by atoms with Gasteiger partial charge in [-0.2, -0.15) is 0 Å². The van der Waals surface area contributed by atoms with E-state index in [-0.39, 0.29) is 11.9 Å². The van der Waals surface area contributed by atoms with Gasteiger partial charge in [0.15, 0.2) is 0 Å². The van der Waals surface area contributed by atoms with Crippen molar-refractivity contribution in [3.05, 3.63) is 24.3 Å². The first-order chi connectivity index (χ1) is 12.7. The van der Waals surface area contributed by atoms with Crippen LogP contribution >= 0.6 is 0 Å². The van der Waals surface area contributed by atoms with Crippen LogP contribution < -0.4 is 20.4 Å². The van der Waals surface area contributed by atoms with Gasteiger partial charge in [0.1, 0.15) is 0 Å². The molecule has 7 heteroatoms. The third-order valence-corrected chi connectivity index (χ3v) is 5.72. The van der Waals surface area contributed by atoms with Crippen molar-refractivity contribution >= 4 is 23.3 Å². The Kier molecular flexibility index (Phi) is 5.08. The molecule has 7 nitrogen and oxygen atoms in total. The minimum Gasteiger partial charge on any atom is -0.369 e. The summed E-state index contributed by atoms with van der Waals surface area (Å²) in [6, 6.07) is 8.53. The van der Waals surface area contributed by atoms with Crippen molar-refractivity contribution in [1.82, 2.24) is 15.5 Å². The standard InChI is InChI=1S/C19H27N5O2/c25-18-7-10-24(19(26)21-18)17-3-1-15(2-4-17)22-11-13-23(14-12-22)16-5-8-20-9-6-16/h1-4,16,20H,5-14H2,(H,21,25,26). The lowest BCUT2D eigenvalue weighted by Gasteiger charge is -2.41. The SMILES string of the molecule is O=C1CCN(c2ccc(N3CCN(C4CCNCC4)CC3)cc2)C(=O)N1. The molecule has 3 aliphatic rings. The molecule has 0 aliphatic carbocycles. The fourth-order valence-electron chi connectivity index (χ4n) is 4.17. The number of nitrogens with zero attached hydrogens (tertiary/aromatic N) is 3. The molecular formula is C19H27N5O2. The van der Waals surface area contributed by atoms with Crippen LogP contribution in [0.15, 0.2) is 24.3 Å². The molecule has 3 aliphatic heterocycles. The van der Waals surface area contributed by atoms with Gasteiger partial charge < -0.3 is 10.2 Å². The molecule has 0 spiro atoms. The lowest BCUT2D eigenvalue weighted by Crippen LogP contribution is -2.52. The van der Waals surface area contributed by atoms with Gasteiger partial charge >= 0.3 is 6.03 Å². The summed E-state index contributed by atoms with van der Waals surface area (Å²) in [5.41, 5.74) is 2.04. The Bertz CT molecular complexity index is 648. The summed E-state index contributed by atoms with van der Waals surface area (Å²) in [6.07, 6.45) is 2.87. The number of imide groups is 1. The number of carbonyl (C=O) groups is 2. The Labute approximate surface area is 154 Å². The fourth-order valence-corrected chi connectivity index (χ4v) is 4.17. The molecule has 3 amide bonds. The molecule has 140 valence electrons. The summed E-state index contributed by atoms with van der Waals surface area (Å²) in [7, 11) is 0. The van der Waals surface area contributed by atoms with Gasteiger partial charge in [-0.25, -0.2) is 4.79 Å². The molecule has 3 heterocycles. The van der Waals surface area contributed by atoms with Gasteiger partial charge in [-0.3, -0.25) is 19.9 Å². The number of benzene rings is 1. The van der Waals surface area contributed by atoms with Crippen LogP contribution in [0.3, 0.4) is 0 Å². The van der Waals surface area contributed by atoms with Gasteiger partial charge in [0.2, 0.25) is 5.91 Å².